The van der Waals surface area contributed by atoms with Crippen molar-refractivity contribution in [3.8, 4) is 0 Å². The highest BCUT2D eigenvalue weighted by Gasteiger charge is 2.18. The van der Waals surface area contributed by atoms with Gasteiger partial charge in [0.1, 0.15) is 5.82 Å². The van der Waals surface area contributed by atoms with Gasteiger partial charge in [-0.1, -0.05) is 43.5 Å². The number of imidazole rings is 1. The lowest BCUT2D eigenvalue weighted by Crippen LogP contribution is -2.11. The zero-order valence-electron chi connectivity index (χ0n) is 12.0. The molecule has 0 spiro atoms. The van der Waals surface area contributed by atoms with Crippen molar-refractivity contribution in [3.63, 3.8) is 0 Å². The van der Waals surface area contributed by atoms with Crippen molar-refractivity contribution >= 4 is 45.8 Å². The number of benzene rings is 1. The van der Waals surface area contributed by atoms with Gasteiger partial charge in [0.05, 0.1) is 27.0 Å². The van der Waals surface area contributed by atoms with E-state index in [-0.39, 0.29) is 0 Å². The fourth-order valence-corrected chi connectivity index (χ4v) is 3.09. The lowest BCUT2D eigenvalue weighted by atomic mass is 10.00. The third-order valence-electron chi connectivity index (χ3n) is 3.81. The lowest BCUT2D eigenvalue weighted by Gasteiger charge is -2.20. The van der Waals surface area contributed by atoms with Crippen LogP contribution in [0.3, 0.4) is 0 Å². The number of aromatic nitrogens is 2. The second-order valence-corrected chi connectivity index (χ2v) is 6.47. The van der Waals surface area contributed by atoms with Gasteiger partial charge < -0.3 is 4.57 Å². The van der Waals surface area contributed by atoms with Gasteiger partial charge >= 0.3 is 0 Å². The van der Waals surface area contributed by atoms with Crippen LogP contribution < -0.4 is 0 Å². The number of nitrogens with zero attached hydrogens (tertiary/aromatic N) is 2. The van der Waals surface area contributed by atoms with Crippen LogP contribution in [0.4, 0.5) is 0 Å². The summed E-state index contributed by atoms with van der Waals surface area (Å²) in [4.78, 5) is 4.58. The zero-order chi connectivity index (χ0) is 14.9. The summed E-state index contributed by atoms with van der Waals surface area (Å²) < 4.78 is 2.19. The van der Waals surface area contributed by atoms with Crippen LogP contribution in [-0.2, 0) is 5.88 Å². The molecule has 0 bridgehead atoms. The van der Waals surface area contributed by atoms with E-state index in [1.165, 1.54) is 6.42 Å². The Morgan fingerprint density at radius 1 is 1.20 bits per heavy atom. The Kier molecular flexibility index (Phi) is 5.22. The zero-order valence-corrected chi connectivity index (χ0v) is 14.2. The minimum Gasteiger partial charge on any atom is -0.324 e. The topological polar surface area (TPSA) is 17.8 Å². The maximum atomic E-state index is 6.14. The molecule has 0 aliphatic heterocycles. The first-order valence-corrected chi connectivity index (χ1v) is 8.18. The molecule has 110 valence electrons. The first kappa shape index (κ1) is 15.9. The second kappa shape index (κ2) is 6.55. The highest BCUT2D eigenvalue weighted by atomic mass is 35.5. The van der Waals surface area contributed by atoms with E-state index in [4.69, 9.17) is 34.8 Å². The molecule has 20 heavy (non-hydrogen) atoms. The maximum absolute atomic E-state index is 6.14. The third kappa shape index (κ3) is 3.08. The van der Waals surface area contributed by atoms with E-state index in [0.717, 1.165) is 23.3 Å². The normalized spacial score (nSPS) is 14.7. The molecular weight excluding hydrogens is 315 g/mol. The van der Waals surface area contributed by atoms with E-state index in [9.17, 15) is 0 Å². The van der Waals surface area contributed by atoms with Crippen LogP contribution in [0.15, 0.2) is 12.1 Å². The van der Waals surface area contributed by atoms with Crippen LogP contribution in [0, 0.1) is 5.92 Å². The van der Waals surface area contributed by atoms with Crippen LogP contribution >= 0.6 is 34.8 Å². The lowest BCUT2D eigenvalue weighted by molar-refractivity contribution is 0.399. The van der Waals surface area contributed by atoms with Gasteiger partial charge in [0.25, 0.3) is 0 Å². The van der Waals surface area contributed by atoms with E-state index in [1.807, 2.05) is 12.1 Å². The minimum atomic E-state index is 0.334. The molecule has 5 heteroatoms. The Balaban J connectivity index is 2.52. The van der Waals surface area contributed by atoms with Crippen molar-refractivity contribution < 1.29 is 0 Å². The molecule has 2 unspecified atom stereocenters. The molecule has 0 aliphatic rings. The Morgan fingerprint density at radius 2 is 1.85 bits per heavy atom. The van der Waals surface area contributed by atoms with Crippen LogP contribution in [0.5, 0.6) is 0 Å². The predicted molar refractivity (Wildman–Crippen MR) is 88.1 cm³/mol. The van der Waals surface area contributed by atoms with Gasteiger partial charge in [-0.05, 0) is 31.4 Å². The molecule has 1 aromatic heterocycles. The molecule has 1 aromatic carbocycles. The summed E-state index contributed by atoms with van der Waals surface area (Å²) >= 11 is 18.3. The average Bonchev–Trinajstić information content (AvgIpc) is 2.76. The van der Waals surface area contributed by atoms with Crippen LogP contribution in [0.2, 0.25) is 10.0 Å². The van der Waals surface area contributed by atoms with E-state index in [2.05, 4.69) is 30.3 Å². The van der Waals surface area contributed by atoms with Crippen LogP contribution in [0.25, 0.3) is 11.0 Å². The highest BCUT2D eigenvalue weighted by molar-refractivity contribution is 6.42. The Hall–Kier alpha value is -0.440. The maximum Gasteiger partial charge on any atom is 0.125 e. The summed E-state index contributed by atoms with van der Waals surface area (Å²) in [5.74, 6) is 1.92. The number of rotatable bonds is 5. The van der Waals surface area contributed by atoms with Gasteiger partial charge in [0.15, 0.2) is 0 Å². The Labute approximate surface area is 135 Å². The molecule has 2 aromatic rings. The van der Waals surface area contributed by atoms with Gasteiger partial charge in [-0.25, -0.2) is 4.98 Å². The fraction of sp³-hybridized carbons (Fsp3) is 0.533. The molecule has 0 saturated carbocycles. The molecule has 0 saturated heterocycles. The van der Waals surface area contributed by atoms with E-state index >= 15 is 0 Å². The van der Waals surface area contributed by atoms with Gasteiger partial charge in [0.2, 0.25) is 0 Å². The van der Waals surface area contributed by atoms with E-state index < -0.39 is 0 Å². The SMILES string of the molecule is CCC(C)CC(C)n1c(CCl)nc2cc(Cl)c(Cl)cc21. The molecule has 0 radical (unpaired) electrons. The predicted octanol–water partition coefficient (Wildman–Crippen LogP) is 6.08. The summed E-state index contributed by atoms with van der Waals surface area (Å²) in [6.07, 6.45) is 2.26. The second-order valence-electron chi connectivity index (χ2n) is 5.38. The molecule has 2 rings (SSSR count). The van der Waals surface area contributed by atoms with Crippen molar-refractivity contribution in [2.75, 3.05) is 0 Å². The largest absolute Gasteiger partial charge is 0.324 e. The fourth-order valence-electron chi connectivity index (χ4n) is 2.58. The summed E-state index contributed by atoms with van der Waals surface area (Å²) in [7, 11) is 0. The number of hydrogen-bond donors (Lipinski definition) is 0. The quantitative estimate of drug-likeness (QED) is 0.606. The molecular formula is C15H19Cl3N2. The summed E-state index contributed by atoms with van der Waals surface area (Å²) in [5.41, 5.74) is 1.86. The van der Waals surface area contributed by atoms with Crippen molar-refractivity contribution in [1.82, 2.24) is 9.55 Å². The van der Waals surface area contributed by atoms with Gasteiger partial charge in [-0.3, -0.25) is 0 Å². The molecule has 1 heterocycles. The smallest absolute Gasteiger partial charge is 0.125 e. The molecule has 0 amide bonds. The first-order chi connectivity index (χ1) is 9.47. The minimum absolute atomic E-state index is 0.334. The van der Waals surface area contributed by atoms with Crippen molar-refractivity contribution in [2.24, 2.45) is 5.92 Å². The summed E-state index contributed by atoms with van der Waals surface area (Å²) in [6, 6.07) is 4.03. The van der Waals surface area contributed by atoms with Gasteiger partial charge in [-0.15, -0.1) is 11.6 Å². The number of halogens is 3. The van der Waals surface area contributed by atoms with Crippen molar-refractivity contribution in [3.05, 3.63) is 28.0 Å². The molecule has 0 fully saturated rings. The third-order valence-corrected chi connectivity index (χ3v) is 4.77. The van der Waals surface area contributed by atoms with E-state index in [1.54, 1.807) is 0 Å². The molecule has 2 nitrogen and oxygen atoms in total. The molecule has 0 N–H and O–H groups in total. The van der Waals surface area contributed by atoms with Crippen LogP contribution in [-0.4, -0.2) is 9.55 Å². The number of fused-ring (bicyclic) bond motifs is 1. The van der Waals surface area contributed by atoms with Crippen molar-refractivity contribution in [1.29, 1.82) is 0 Å². The number of alkyl halides is 1. The molecule has 0 aliphatic carbocycles. The van der Waals surface area contributed by atoms with E-state index in [0.29, 0.717) is 27.9 Å². The Bertz CT molecular complexity index is 607. The summed E-state index contributed by atoms with van der Waals surface area (Å²) in [6.45, 7) is 6.67. The van der Waals surface area contributed by atoms with Gasteiger partial charge in [0, 0.05) is 6.04 Å². The Morgan fingerprint density at radius 3 is 2.45 bits per heavy atom. The average molecular weight is 334 g/mol. The van der Waals surface area contributed by atoms with Gasteiger partial charge in [-0.2, -0.15) is 0 Å². The standard InChI is InChI=1S/C15H19Cl3N2/c1-4-9(2)5-10(3)20-14-7-12(18)11(17)6-13(14)19-15(20)8-16/h6-7,9-10H,4-5,8H2,1-3H3. The van der Waals surface area contributed by atoms with Crippen molar-refractivity contribution in [2.45, 2.75) is 45.5 Å². The molecule has 2 atom stereocenters. The first-order valence-electron chi connectivity index (χ1n) is 6.89. The summed E-state index contributed by atoms with van der Waals surface area (Å²) in [5, 5.41) is 1.08. The van der Waals surface area contributed by atoms with Crippen LogP contribution in [0.1, 0.15) is 45.5 Å². The monoisotopic (exact) mass is 332 g/mol. The highest BCUT2D eigenvalue weighted by Crippen LogP contribution is 2.32. The number of hydrogen-bond acceptors (Lipinski definition) is 1.